The number of halogens is 1. The van der Waals surface area contributed by atoms with Crippen molar-refractivity contribution >= 4 is 11.7 Å². The van der Waals surface area contributed by atoms with Crippen LogP contribution in [0.1, 0.15) is 12.8 Å². The molecule has 0 heterocycles. The predicted molar refractivity (Wildman–Crippen MR) is 60.0 cm³/mol. The van der Waals surface area contributed by atoms with Crippen LogP contribution in [0.2, 0.25) is 0 Å². The molecular weight excluding hydrogens is 225 g/mol. The zero-order valence-electron chi connectivity index (χ0n) is 9.48. The Morgan fingerprint density at radius 1 is 1.47 bits per heavy atom. The molecule has 0 atom stereocenters. The lowest BCUT2D eigenvalue weighted by Crippen LogP contribution is -2.38. The summed E-state index contributed by atoms with van der Waals surface area (Å²) < 4.78 is 23.4. The molecule has 0 saturated heterocycles. The molecule has 1 aromatic rings. The Morgan fingerprint density at radius 3 is 2.76 bits per heavy atom. The zero-order valence-corrected chi connectivity index (χ0v) is 9.48. The highest BCUT2D eigenvalue weighted by Gasteiger charge is 2.37. The van der Waals surface area contributed by atoms with E-state index in [2.05, 4.69) is 4.74 Å². The fourth-order valence-corrected chi connectivity index (χ4v) is 1.81. The van der Waals surface area contributed by atoms with E-state index in [-0.39, 0.29) is 23.7 Å². The third-order valence-corrected chi connectivity index (χ3v) is 2.88. The smallest absolute Gasteiger partial charge is 0.308 e. The minimum absolute atomic E-state index is 0.123. The third kappa shape index (κ3) is 2.49. The van der Waals surface area contributed by atoms with E-state index in [1.807, 2.05) is 0 Å². The average Bonchev–Trinajstić information content (AvgIpc) is 2.24. The molecule has 0 aromatic heterocycles. The summed E-state index contributed by atoms with van der Waals surface area (Å²) in [7, 11) is 1.36. The highest BCUT2D eigenvalue weighted by Crippen LogP contribution is 2.33. The largest absolute Gasteiger partial charge is 0.487 e. The molecule has 0 radical (unpaired) electrons. The van der Waals surface area contributed by atoms with Gasteiger partial charge in [0.15, 0.2) is 11.6 Å². The van der Waals surface area contributed by atoms with Crippen LogP contribution in [-0.2, 0) is 9.53 Å². The van der Waals surface area contributed by atoms with Gasteiger partial charge in [0.25, 0.3) is 0 Å². The van der Waals surface area contributed by atoms with Crippen LogP contribution in [0.3, 0.4) is 0 Å². The van der Waals surface area contributed by atoms with Gasteiger partial charge < -0.3 is 15.2 Å². The lowest BCUT2D eigenvalue weighted by Gasteiger charge is -2.33. The minimum atomic E-state index is -0.480. The Labute approximate surface area is 98.5 Å². The first-order valence-corrected chi connectivity index (χ1v) is 5.39. The van der Waals surface area contributed by atoms with Gasteiger partial charge in [-0.3, -0.25) is 4.79 Å². The van der Waals surface area contributed by atoms with Crippen molar-refractivity contribution in [2.24, 2.45) is 5.92 Å². The van der Waals surface area contributed by atoms with Gasteiger partial charge in [-0.05, 0) is 25.0 Å². The van der Waals surface area contributed by atoms with E-state index in [1.165, 1.54) is 19.2 Å². The number of anilines is 1. The molecule has 1 aliphatic carbocycles. The molecule has 4 nitrogen and oxygen atoms in total. The number of carbonyl (C=O) groups excluding carboxylic acids is 1. The van der Waals surface area contributed by atoms with E-state index in [9.17, 15) is 9.18 Å². The van der Waals surface area contributed by atoms with Crippen molar-refractivity contribution in [3.05, 3.63) is 24.0 Å². The summed E-state index contributed by atoms with van der Waals surface area (Å²) in [5, 5.41) is 0. The molecule has 5 heteroatoms. The first-order chi connectivity index (χ1) is 8.10. The maximum absolute atomic E-state index is 13.4. The van der Waals surface area contributed by atoms with Crippen molar-refractivity contribution in [1.82, 2.24) is 0 Å². The van der Waals surface area contributed by atoms with Crippen LogP contribution in [0.4, 0.5) is 10.1 Å². The molecule has 1 aliphatic rings. The lowest BCUT2D eigenvalue weighted by molar-refractivity contribution is -0.151. The fourth-order valence-electron chi connectivity index (χ4n) is 1.81. The van der Waals surface area contributed by atoms with Gasteiger partial charge in [-0.15, -0.1) is 0 Å². The van der Waals surface area contributed by atoms with Gasteiger partial charge in [-0.2, -0.15) is 0 Å². The molecule has 0 spiro atoms. The van der Waals surface area contributed by atoms with Gasteiger partial charge in [0.2, 0.25) is 0 Å². The number of nitrogen functional groups attached to an aromatic ring is 1. The lowest BCUT2D eigenvalue weighted by atomic mass is 9.82. The molecule has 0 unspecified atom stereocenters. The van der Waals surface area contributed by atoms with Crippen LogP contribution in [0.5, 0.6) is 5.75 Å². The van der Waals surface area contributed by atoms with E-state index in [4.69, 9.17) is 10.5 Å². The molecule has 0 amide bonds. The van der Waals surface area contributed by atoms with Gasteiger partial charge >= 0.3 is 5.97 Å². The van der Waals surface area contributed by atoms with Crippen molar-refractivity contribution in [3.63, 3.8) is 0 Å². The summed E-state index contributed by atoms with van der Waals surface area (Å²) in [6.07, 6.45) is 1.00. The van der Waals surface area contributed by atoms with E-state index < -0.39 is 5.82 Å². The quantitative estimate of drug-likeness (QED) is 0.644. The van der Waals surface area contributed by atoms with Gasteiger partial charge in [-0.25, -0.2) is 4.39 Å². The molecule has 2 N–H and O–H groups in total. The molecule has 2 rings (SSSR count). The number of methoxy groups -OCH3 is 1. The number of hydrogen-bond donors (Lipinski definition) is 1. The maximum Gasteiger partial charge on any atom is 0.308 e. The summed E-state index contributed by atoms with van der Waals surface area (Å²) >= 11 is 0. The van der Waals surface area contributed by atoms with Crippen LogP contribution >= 0.6 is 0 Å². The predicted octanol–water partition coefficient (Wildman–Crippen LogP) is 1.74. The second kappa shape index (κ2) is 4.61. The summed E-state index contributed by atoms with van der Waals surface area (Å²) in [4.78, 5) is 11.1. The molecular formula is C12H14FNO3. The summed E-state index contributed by atoms with van der Waals surface area (Å²) in [6.45, 7) is 0. The number of ether oxygens (including phenoxy) is 2. The topological polar surface area (TPSA) is 61.5 Å². The van der Waals surface area contributed by atoms with Crippen molar-refractivity contribution in [3.8, 4) is 5.75 Å². The monoisotopic (exact) mass is 239 g/mol. The first-order valence-electron chi connectivity index (χ1n) is 5.39. The van der Waals surface area contributed by atoms with Gasteiger partial charge in [-0.1, -0.05) is 0 Å². The summed E-state index contributed by atoms with van der Waals surface area (Å²) in [5.41, 5.74) is 5.79. The number of carbonyl (C=O) groups is 1. The molecule has 0 aliphatic heterocycles. The Balaban J connectivity index is 1.90. The summed E-state index contributed by atoms with van der Waals surface area (Å²) in [5.74, 6) is -0.663. The number of hydrogen-bond acceptors (Lipinski definition) is 4. The van der Waals surface area contributed by atoms with Crippen LogP contribution < -0.4 is 10.5 Å². The van der Waals surface area contributed by atoms with Crippen LogP contribution in [-0.4, -0.2) is 19.2 Å². The SMILES string of the molecule is COC(=O)C1CC(Oc2ccc(N)cc2F)C1. The van der Waals surface area contributed by atoms with E-state index in [1.54, 1.807) is 6.07 Å². The molecule has 0 bridgehead atoms. The van der Waals surface area contributed by atoms with Crippen molar-refractivity contribution in [2.45, 2.75) is 18.9 Å². The van der Waals surface area contributed by atoms with Crippen LogP contribution in [0.15, 0.2) is 18.2 Å². The standard InChI is InChI=1S/C12H14FNO3/c1-16-12(15)7-4-9(5-7)17-11-3-2-8(14)6-10(11)13/h2-3,6-7,9H,4-5,14H2,1H3. The van der Waals surface area contributed by atoms with Gasteiger partial charge in [0, 0.05) is 11.8 Å². The normalized spacial score (nSPS) is 22.7. The zero-order chi connectivity index (χ0) is 12.4. The Hall–Kier alpha value is -1.78. The van der Waals surface area contributed by atoms with E-state index in [0.29, 0.717) is 18.5 Å². The van der Waals surface area contributed by atoms with Crippen LogP contribution in [0, 0.1) is 11.7 Å². The first kappa shape index (κ1) is 11.7. The molecule has 17 heavy (non-hydrogen) atoms. The van der Waals surface area contributed by atoms with E-state index >= 15 is 0 Å². The third-order valence-electron chi connectivity index (χ3n) is 2.88. The Bertz CT molecular complexity index is 430. The Kier molecular flexibility index (Phi) is 3.17. The van der Waals surface area contributed by atoms with Crippen molar-refractivity contribution in [1.29, 1.82) is 0 Å². The number of benzene rings is 1. The van der Waals surface area contributed by atoms with Gasteiger partial charge in [0.1, 0.15) is 6.10 Å². The molecule has 92 valence electrons. The van der Waals surface area contributed by atoms with E-state index in [0.717, 1.165) is 0 Å². The maximum atomic E-state index is 13.4. The summed E-state index contributed by atoms with van der Waals surface area (Å²) in [6, 6.07) is 4.29. The van der Waals surface area contributed by atoms with Crippen LogP contribution in [0.25, 0.3) is 0 Å². The fraction of sp³-hybridized carbons (Fsp3) is 0.417. The van der Waals surface area contributed by atoms with Crippen molar-refractivity contribution < 1.29 is 18.7 Å². The number of rotatable bonds is 3. The second-order valence-electron chi connectivity index (χ2n) is 4.12. The minimum Gasteiger partial charge on any atom is -0.487 e. The molecule has 1 fully saturated rings. The highest BCUT2D eigenvalue weighted by atomic mass is 19.1. The van der Waals surface area contributed by atoms with Crippen molar-refractivity contribution in [2.75, 3.05) is 12.8 Å². The Morgan fingerprint density at radius 2 is 2.18 bits per heavy atom. The second-order valence-corrected chi connectivity index (χ2v) is 4.12. The van der Waals surface area contributed by atoms with Gasteiger partial charge in [0.05, 0.1) is 13.0 Å². The number of esters is 1. The molecule has 1 saturated carbocycles. The highest BCUT2D eigenvalue weighted by molar-refractivity contribution is 5.73. The average molecular weight is 239 g/mol. The number of nitrogens with two attached hydrogens (primary N) is 1. The molecule has 1 aromatic carbocycles.